The minimum absolute atomic E-state index is 0.141. The fourth-order valence-electron chi connectivity index (χ4n) is 1.83. The lowest BCUT2D eigenvalue weighted by Gasteiger charge is -2.22. The SMILES string of the molecule is CCC(NC(C)CCO)c1ccccc1O. The number of phenolic OH excluding ortho intramolecular Hbond substituents is 1. The molecule has 90 valence electrons. The van der Waals surface area contributed by atoms with Crippen molar-refractivity contribution >= 4 is 0 Å². The van der Waals surface area contributed by atoms with Crippen LogP contribution in [0.15, 0.2) is 24.3 Å². The Hall–Kier alpha value is -1.06. The van der Waals surface area contributed by atoms with Gasteiger partial charge < -0.3 is 15.5 Å². The maximum atomic E-state index is 9.77. The van der Waals surface area contributed by atoms with Crippen LogP contribution in [0.1, 0.15) is 38.3 Å². The van der Waals surface area contributed by atoms with Gasteiger partial charge in [-0.1, -0.05) is 25.1 Å². The second kappa shape index (κ2) is 6.51. The summed E-state index contributed by atoms with van der Waals surface area (Å²) in [5, 5.41) is 22.0. The van der Waals surface area contributed by atoms with Gasteiger partial charge in [-0.25, -0.2) is 0 Å². The summed E-state index contributed by atoms with van der Waals surface area (Å²) >= 11 is 0. The van der Waals surface area contributed by atoms with Gasteiger partial charge in [0.1, 0.15) is 5.75 Å². The number of hydrogen-bond donors (Lipinski definition) is 3. The van der Waals surface area contributed by atoms with E-state index in [0.29, 0.717) is 5.75 Å². The van der Waals surface area contributed by atoms with Crippen molar-refractivity contribution in [3.63, 3.8) is 0 Å². The average molecular weight is 223 g/mol. The fraction of sp³-hybridized carbons (Fsp3) is 0.538. The standard InChI is InChI=1S/C13H21NO2/c1-3-12(14-10(2)8-9-15)11-6-4-5-7-13(11)16/h4-7,10,12,14-16H,3,8-9H2,1-2H3. The second-order valence-corrected chi connectivity index (χ2v) is 4.10. The van der Waals surface area contributed by atoms with Gasteiger partial charge >= 0.3 is 0 Å². The highest BCUT2D eigenvalue weighted by atomic mass is 16.3. The molecule has 3 N–H and O–H groups in total. The molecule has 0 radical (unpaired) electrons. The van der Waals surface area contributed by atoms with Crippen LogP contribution in [0.3, 0.4) is 0 Å². The van der Waals surface area contributed by atoms with Crippen molar-refractivity contribution in [2.24, 2.45) is 0 Å². The Bertz CT molecular complexity index is 315. The topological polar surface area (TPSA) is 52.5 Å². The number of hydrogen-bond acceptors (Lipinski definition) is 3. The van der Waals surface area contributed by atoms with E-state index in [2.05, 4.69) is 12.2 Å². The minimum Gasteiger partial charge on any atom is -0.508 e. The number of aliphatic hydroxyl groups excluding tert-OH is 1. The predicted octanol–water partition coefficient (Wildman–Crippen LogP) is 2.20. The molecular weight excluding hydrogens is 202 g/mol. The zero-order valence-corrected chi connectivity index (χ0v) is 9.98. The van der Waals surface area contributed by atoms with E-state index in [9.17, 15) is 5.11 Å². The molecule has 2 atom stereocenters. The first-order valence-corrected chi connectivity index (χ1v) is 5.83. The first kappa shape index (κ1) is 13.0. The first-order chi connectivity index (χ1) is 7.69. The number of rotatable bonds is 6. The molecule has 0 bridgehead atoms. The van der Waals surface area contributed by atoms with Crippen molar-refractivity contribution < 1.29 is 10.2 Å². The highest BCUT2D eigenvalue weighted by Crippen LogP contribution is 2.26. The van der Waals surface area contributed by atoms with E-state index in [1.807, 2.05) is 25.1 Å². The molecule has 2 unspecified atom stereocenters. The summed E-state index contributed by atoms with van der Waals surface area (Å²) in [6, 6.07) is 7.77. The predicted molar refractivity (Wildman–Crippen MR) is 65.4 cm³/mol. The van der Waals surface area contributed by atoms with Crippen LogP contribution in [0, 0.1) is 0 Å². The summed E-state index contributed by atoms with van der Waals surface area (Å²) in [7, 11) is 0. The van der Waals surface area contributed by atoms with Gasteiger partial charge in [0, 0.05) is 24.3 Å². The number of phenols is 1. The van der Waals surface area contributed by atoms with E-state index in [1.165, 1.54) is 0 Å². The Morgan fingerprint density at radius 2 is 2.00 bits per heavy atom. The van der Waals surface area contributed by atoms with Gasteiger partial charge in [0.05, 0.1) is 0 Å². The summed E-state index contributed by atoms with van der Waals surface area (Å²) in [5.41, 5.74) is 0.926. The number of nitrogens with one attached hydrogen (secondary N) is 1. The van der Waals surface area contributed by atoms with Crippen molar-refractivity contribution in [1.82, 2.24) is 5.32 Å². The normalized spacial score (nSPS) is 14.7. The molecule has 0 aliphatic rings. The van der Waals surface area contributed by atoms with Gasteiger partial charge in [-0.2, -0.15) is 0 Å². The Balaban J connectivity index is 2.71. The van der Waals surface area contributed by atoms with Crippen LogP contribution in [0.4, 0.5) is 0 Å². The number of benzene rings is 1. The van der Waals surface area contributed by atoms with Crippen LogP contribution < -0.4 is 5.32 Å². The largest absolute Gasteiger partial charge is 0.508 e. The van der Waals surface area contributed by atoms with Gasteiger partial charge in [-0.15, -0.1) is 0 Å². The van der Waals surface area contributed by atoms with Crippen LogP contribution >= 0.6 is 0 Å². The Labute approximate surface area is 97.1 Å². The van der Waals surface area contributed by atoms with Gasteiger partial charge in [0.25, 0.3) is 0 Å². The molecule has 0 heterocycles. The zero-order valence-electron chi connectivity index (χ0n) is 9.98. The molecule has 0 saturated heterocycles. The Morgan fingerprint density at radius 1 is 1.31 bits per heavy atom. The zero-order chi connectivity index (χ0) is 12.0. The molecule has 0 aliphatic carbocycles. The summed E-state index contributed by atoms with van der Waals surface area (Å²) in [5.74, 6) is 0.332. The molecule has 1 aromatic carbocycles. The van der Waals surface area contributed by atoms with E-state index < -0.39 is 0 Å². The van der Waals surface area contributed by atoms with Crippen LogP contribution in [-0.4, -0.2) is 22.9 Å². The van der Waals surface area contributed by atoms with Crippen LogP contribution in [0.25, 0.3) is 0 Å². The second-order valence-electron chi connectivity index (χ2n) is 4.10. The molecule has 1 aromatic rings. The summed E-state index contributed by atoms with van der Waals surface area (Å²) in [6.45, 7) is 4.31. The van der Waals surface area contributed by atoms with E-state index in [-0.39, 0.29) is 18.7 Å². The van der Waals surface area contributed by atoms with Gasteiger partial charge in [0.2, 0.25) is 0 Å². The lowest BCUT2D eigenvalue weighted by atomic mass is 10.0. The van der Waals surface area contributed by atoms with E-state index in [0.717, 1.165) is 18.4 Å². The maximum absolute atomic E-state index is 9.77. The fourth-order valence-corrected chi connectivity index (χ4v) is 1.83. The molecule has 16 heavy (non-hydrogen) atoms. The molecule has 0 fully saturated rings. The third-order valence-electron chi connectivity index (χ3n) is 2.77. The Morgan fingerprint density at radius 3 is 2.56 bits per heavy atom. The molecule has 3 heteroatoms. The van der Waals surface area contributed by atoms with Crippen molar-refractivity contribution in [3.05, 3.63) is 29.8 Å². The van der Waals surface area contributed by atoms with Gasteiger partial charge in [-0.05, 0) is 25.8 Å². The highest BCUT2D eigenvalue weighted by molar-refractivity contribution is 5.34. The molecule has 0 amide bonds. The summed E-state index contributed by atoms with van der Waals surface area (Å²) in [6.07, 6.45) is 1.64. The quantitative estimate of drug-likeness (QED) is 0.693. The van der Waals surface area contributed by atoms with Gasteiger partial charge in [0.15, 0.2) is 0 Å². The third kappa shape index (κ3) is 3.51. The van der Waals surface area contributed by atoms with Crippen molar-refractivity contribution in [2.45, 2.75) is 38.8 Å². The molecular formula is C13H21NO2. The van der Waals surface area contributed by atoms with Gasteiger partial charge in [-0.3, -0.25) is 0 Å². The van der Waals surface area contributed by atoms with Crippen molar-refractivity contribution in [2.75, 3.05) is 6.61 Å². The smallest absolute Gasteiger partial charge is 0.120 e. The summed E-state index contributed by atoms with van der Waals surface area (Å²) < 4.78 is 0. The van der Waals surface area contributed by atoms with E-state index in [4.69, 9.17) is 5.11 Å². The van der Waals surface area contributed by atoms with Crippen LogP contribution in [0.2, 0.25) is 0 Å². The lowest BCUT2D eigenvalue weighted by molar-refractivity contribution is 0.262. The Kier molecular flexibility index (Phi) is 5.29. The number of para-hydroxylation sites is 1. The molecule has 0 aromatic heterocycles. The van der Waals surface area contributed by atoms with Crippen molar-refractivity contribution in [3.8, 4) is 5.75 Å². The molecule has 0 aliphatic heterocycles. The highest BCUT2D eigenvalue weighted by Gasteiger charge is 2.14. The molecule has 3 nitrogen and oxygen atoms in total. The first-order valence-electron chi connectivity index (χ1n) is 5.83. The van der Waals surface area contributed by atoms with Crippen molar-refractivity contribution in [1.29, 1.82) is 0 Å². The third-order valence-corrected chi connectivity index (χ3v) is 2.77. The maximum Gasteiger partial charge on any atom is 0.120 e. The molecule has 1 rings (SSSR count). The van der Waals surface area contributed by atoms with Crippen LogP contribution in [-0.2, 0) is 0 Å². The number of aliphatic hydroxyl groups is 1. The van der Waals surface area contributed by atoms with E-state index in [1.54, 1.807) is 6.07 Å². The summed E-state index contributed by atoms with van der Waals surface area (Å²) in [4.78, 5) is 0. The van der Waals surface area contributed by atoms with E-state index >= 15 is 0 Å². The minimum atomic E-state index is 0.141. The molecule has 0 saturated carbocycles. The number of aromatic hydroxyl groups is 1. The van der Waals surface area contributed by atoms with Crippen LogP contribution in [0.5, 0.6) is 5.75 Å². The average Bonchev–Trinajstić information content (AvgIpc) is 2.27. The monoisotopic (exact) mass is 223 g/mol. The molecule has 0 spiro atoms. The lowest BCUT2D eigenvalue weighted by Crippen LogP contribution is -2.31.